The second kappa shape index (κ2) is 3.58. The number of hydrogen-bond acceptors (Lipinski definition) is 2. The van der Waals surface area contributed by atoms with E-state index in [9.17, 15) is 0 Å². The molecule has 1 unspecified atom stereocenters. The maximum atomic E-state index is 8.32. The van der Waals surface area contributed by atoms with Crippen molar-refractivity contribution in [3.8, 4) is 0 Å². The van der Waals surface area contributed by atoms with Crippen LogP contribution >= 0.6 is 23.0 Å². The molecule has 0 aromatic heterocycles. The predicted molar refractivity (Wildman–Crippen MR) is 31.3 cm³/mol. The molecule has 0 fully saturated rings. The van der Waals surface area contributed by atoms with Gasteiger partial charge in [-0.25, -0.2) is 0 Å². The van der Waals surface area contributed by atoms with Crippen molar-refractivity contribution < 1.29 is 8.17 Å². The van der Waals surface area contributed by atoms with E-state index in [1.54, 1.807) is 23.0 Å². The summed E-state index contributed by atoms with van der Waals surface area (Å²) >= 11 is 1.59. The minimum absolute atomic E-state index is 0.814. The zero-order valence-electron chi connectivity index (χ0n) is 3.10. The smallest absolute Gasteiger partial charge is 0.185 e. The summed E-state index contributed by atoms with van der Waals surface area (Å²) in [6.45, 7) is 3.25. The molecular weight excluding hydrogens is 195 g/mol. The fourth-order valence-corrected chi connectivity index (χ4v) is 0.244. The van der Waals surface area contributed by atoms with Crippen molar-refractivity contribution >= 4 is 23.0 Å². The van der Waals surface area contributed by atoms with Gasteiger partial charge in [0.2, 0.25) is 0 Å². The van der Waals surface area contributed by atoms with Crippen LogP contribution in [0.2, 0.25) is 0 Å². The van der Waals surface area contributed by atoms with Crippen molar-refractivity contribution in [3.63, 3.8) is 0 Å². The van der Waals surface area contributed by atoms with Crippen LogP contribution in [0.3, 0.4) is 0 Å². The van der Waals surface area contributed by atoms with Gasteiger partial charge < -0.3 is 5.11 Å². The number of hydrogen-bond donors (Lipinski definition) is 1. The summed E-state index contributed by atoms with van der Waals surface area (Å²) < 4.78 is 4.31. The molecule has 0 amide bonds. The zero-order valence-corrected chi connectivity index (χ0v) is 5.25. The zero-order chi connectivity index (χ0) is 4.99. The minimum atomic E-state index is -0.814. The normalized spacial score (nSPS) is 13.7. The van der Waals surface area contributed by atoms with Crippen LogP contribution in [0.4, 0.5) is 0 Å². The summed E-state index contributed by atoms with van der Waals surface area (Å²) in [4.78, 5) is 0. The van der Waals surface area contributed by atoms with Crippen LogP contribution in [0.5, 0.6) is 0 Å². The van der Waals surface area contributed by atoms with Crippen molar-refractivity contribution in [1.82, 2.24) is 0 Å². The molecule has 3 heteroatoms. The van der Waals surface area contributed by atoms with Gasteiger partial charge in [-0.3, -0.25) is 3.07 Å². The molecule has 0 saturated heterocycles. The van der Waals surface area contributed by atoms with Crippen LogP contribution in [0.15, 0.2) is 12.7 Å². The lowest BCUT2D eigenvalue weighted by Crippen LogP contribution is -1.97. The van der Waals surface area contributed by atoms with Gasteiger partial charge in [0.15, 0.2) is 6.29 Å². The van der Waals surface area contributed by atoms with Crippen LogP contribution in [-0.4, -0.2) is 11.4 Å². The average Bonchev–Trinajstić information content (AvgIpc) is 1.65. The molecule has 0 aromatic rings. The maximum absolute atomic E-state index is 8.32. The molecule has 0 aliphatic heterocycles. The fraction of sp³-hybridized carbons (Fsp3) is 0.333. The van der Waals surface area contributed by atoms with Crippen LogP contribution in [0, 0.1) is 0 Å². The van der Waals surface area contributed by atoms with Crippen LogP contribution in [0.1, 0.15) is 0 Å². The molecule has 0 aliphatic rings. The molecule has 0 heterocycles. The highest BCUT2D eigenvalue weighted by molar-refractivity contribution is 14.1. The van der Waals surface area contributed by atoms with Gasteiger partial charge in [0.05, 0.1) is 0 Å². The Morgan fingerprint density at radius 1 is 2.00 bits per heavy atom. The molecule has 2 nitrogen and oxygen atoms in total. The summed E-state index contributed by atoms with van der Waals surface area (Å²) in [7, 11) is 0. The lowest BCUT2D eigenvalue weighted by Gasteiger charge is -1.93. The monoisotopic (exact) mass is 200 g/mol. The van der Waals surface area contributed by atoms with Gasteiger partial charge in [0, 0.05) is 0 Å². The molecule has 1 atom stereocenters. The van der Waals surface area contributed by atoms with Crippen molar-refractivity contribution in [3.05, 3.63) is 12.7 Å². The Balaban J connectivity index is 2.96. The Labute approximate surface area is 50.5 Å². The number of halogens is 1. The summed E-state index contributed by atoms with van der Waals surface area (Å²) in [5.41, 5.74) is 0. The first kappa shape index (κ1) is 6.39. The van der Waals surface area contributed by atoms with E-state index in [-0.39, 0.29) is 0 Å². The highest BCUT2D eigenvalue weighted by atomic mass is 127. The van der Waals surface area contributed by atoms with Gasteiger partial charge >= 0.3 is 0 Å². The molecule has 0 spiro atoms. The summed E-state index contributed by atoms with van der Waals surface area (Å²) in [6.07, 6.45) is 0.484. The van der Waals surface area contributed by atoms with Gasteiger partial charge in [-0.2, -0.15) is 0 Å². The summed E-state index contributed by atoms with van der Waals surface area (Å²) in [5, 5.41) is 8.32. The molecule has 0 radical (unpaired) electrons. The Bertz CT molecular complexity index is 46.1. The highest BCUT2D eigenvalue weighted by Crippen LogP contribution is 1.92. The second-order valence-corrected chi connectivity index (χ2v) is 1.22. The van der Waals surface area contributed by atoms with E-state index < -0.39 is 6.29 Å². The molecule has 36 valence electrons. The van der Waals surface area contributed by atoms with E-state index in [1.807, 2.05) is 0 Å². The van der Waals surface area contributed by atoms with E-state index in [1.165, 1.54) is 6.08 Å². The Kier molecular flexibility index (Phi) is 3.81. The average molecular weight is 200 g/mol. The van der Waals surface area contributed by atoms with Gasteiger partial charge in [-0.15, -0.1) is 0 Å². The van der Waals surface area contributed by atoms with Gasteiger partial charge in [0.25, 0.3) is 0 Å². The SMILES string of the molecule is C=CC(O)OI. The molecule has 1 N–H and O–H groups in total. The molecule has 0 bridgehead atoms. The van der Waals surface area contributed by atoms with Crippen LogP contribution in [0.25, 0.3) is 0 Å². The van der Waals surface area contributed by atoms with E-state index in [4.69, 9.17) is 5.11 Å². The second-order valence-electron chi connectivity index (χ2n) is 0.715. The van der Waals surface area contributed by atoms with E-state index >= 15 is 0 Å². The largest absolute Gasteiger partial charge is 0.364 e. The lowest BCUT2D eigenvalue weighted by atomic mass is 10.6. The number of rotatable bonds is 2. The van der Waals surface area contributed by atoms with Crippen LogP contribution < -0.4 is 0 Å². The number of aliphatic hydroxyl groups is 1. The third-order valence-electron chi connectivity index (χ3n) is 0.293. The van der Waals surface area contributed by atoms with Crippen molar-refractivity contribution in [2.45, 2.75) is 6.29 Å². The first-order valence-electron chi connectivity index (χ1n) is 1.39. The van der Waals surface area contributed by atoms with E-state index in [0.29, 0.717) is 0 Å². The first-order chi connectivity index (χ1) is 2.81. The molecule has 0 aromatic carbocycles. The molecule has 6 heavy (non-hydrogen) atoms. The van der Waals surface area contributed by atoms with Gasteiger partial charge in [-0.05, 0) is 6.08 Å². The van der Waals surface area contributed by atoms with Gasteiger partial charge in [-0.1, -0.05) is 6.58 Å². The Morgan fingerprint density at radius 2 is 2.50 bits per heavy atom. The Morgan fingerprint density at radius 3 is 2.50 bits per heavy atom. The van der Waals surface area contributed by atoms with Crippen molar-refractivity contribution in [1.29, 1.82) is 0 Å². The van der Waals surface area contributed by atoms with E-state index in [0.717, 1.165) is 0 Å². The fourth-order valence-electron chi connectivity index (χ4n) is 0.0364. The van der Waals surface area contributed by atoms with E-state index in [2.05, 4.69) is 9.65 Å². The van der Waals surface area contributed by atoms with Crippen molar-refractivity contribution in [2.75, 3.05) is 0 Å². The van der Waals surface area contributed by atoms with Crippen molar-refractivity contribution in [2.24, 2.45) is 0 Å². The highest BCUT2D eigenvalue weighted by Gasteiger charge is 1.87. The predicted octanol–water partition coefficient (Wildman–Crippen LogP) is 0.857. The third-order valence-corrected chi connectivity index (χ3v) is 0.814. The molecular formula is C3H5IO2. The van der Waals surface area contributed by atoms with Gasteiger partial charge in [0.1, 0.15) is 23.0 Å². The minimum Gasteiger partial charge on any atom is -0.364 e. The number of aliphatic hydroxyl groups excluding tert-OH is 1. The first-order valence-corrected chi connectivity index (χ1v) is 2.27. The lowest BCUT2D eigenvalue weighted by molar-refractivity contribution is 0.0637. The summed E-state index contributed by atoms with van der Waals surface area (Å²) in [5.74, 6) is 0. The molecule has 0 aliphatic carbocycles. The summed E-state index contributed by atoms with van der Waals surface area (Å²) in [6, 6.07) is 0. The Hall–Kier alpha value is 0.390. The maximum Gasteiger partial charge on any atom is 0.185 e. The molecule has 0 rings (SSSR count). The quantitative estimate of drug-likeness (QED) is 0.406. The molecule has 0 saturated carbocycles. The topological polar surface area (TPSA) is 29.5 Å². The van der Waals surface area contributed by atoms with Crippen LogP contribution in [-0.2, 0) is 3.07 Å². The standard InChI is InChI=1S/C3H5IO2/c1-2-3(5)6-4/h2-3,5H,1H2. The third kappa shape index (κ3) is 2.62.